The van der Waals surface area contributed by atoms with E-state index in [9.17, 15) is 9.90 Å². The maximum absolute atomic E-state index is 12.6. The Morgan fingerprint density at radius 1 is 0.971 bits per heavy atom. The van der Waals surface area contributed by atoms with E-state index in [2.05, 4.69) is 28.8 Å². The fourth-order valence-electron chi connectivity index (χ4n) is 5.07. The number of nitrogens with one attached hydrogen (secondary N) is 2. The lowest BCUT2D eigenvalue weighted by Crippen LogP contribution is -2.43. The van der Waals surface area contributed by atoms with Crippen LogP contribution in [0.2, 0.25) is 0 Å². The molecule has 184 valence electrons. The molecule has 2 unspecified atom stereocenters. The van der Waals surface area contributed by atoms with Crippen LogP contribution in [0, 0.1) is 0 Å². The molecular weight excluding hydrogens is 428 g/mol. The molecule has 0 aliphatic heterocycles. The van der Waals surface area contributed by atoms with Gasteiger partial charge in [-0.15, -0.1) is 0 Å². The fourth-order valence-corrected chi connectivity index (χ4v) is 5.07. The number of hydrogen-bond donors (Lipinski definition) is 3. The molecule has 0 aromatic heterocycles. The normalized spacial score (nSPS) is 21.8. The van der Waals surface area contributed by atoms with Crippen LogP contribution in [0.15, 0.2) is 54.6 Å². The Morgan fingerprint density at radius 3 is 2.56 bits per heavy atom. The van der Waals surface area contributed by atoms with Gasteiger partial charge >= 0.3 is 0 Å². The molecule has 1 saturated carbocycles. The highest BCUT2D eigenvalue weighted by atomic mass is 16.5. The average molecular weight is 467 g/mol. The summed E-state index contributed by atoms with van der Waals surface area (Å²) >= 11 is 0. The van der Waals surface area contributed by atoms with Crippen molar-refractivity contribution in [3.05, 3.63) is 65.7 Å². The first-order valence-electron chi connectivity index (χ1n) is 12.8. The van der Waals surface area contributed by atoms with E-state index in [4.69, 9.17) is 9.47 Å². The molecule has 4 rings (SSSR count). The Balaban J connectivity index is 1.34. The number of benzene rings is 2. The van der Waals surface area contributed by atoms with Crippen LogP contribution >= 0.6 is 0 Å². The first-order chi connectivity index (χ1) is 16.7. The van der Waals surface area contributed by atoms with Gasteiger partial charge in [0, 0.05) is 18.6 Å². The second-order valence-corrected chi connectivity index (χ2v) is 9.52. The summed E-state index contributed by atoms with van der Waals surface area (Å²) in [6, 6.07) is 18.2. The van der Waals surface area contributed by atoms with Gasteiger partial charge in [0.2, 0.25) is 5.91 Å². The summed E-state index contributed by atoms with van der Waals surface area (Å²) in [6.07, 6.45) is 7.80. The van der Waals surface area contributed by atoms with E-state index in [0.29, 0.717) is 6.54 Å². The molecule has 1 fully saturated rings. The van der Waals surface area contributed by atoms with Gasteiger partial charge in [-0.1, -0.05) is 61.7 Å². The summed E-state index contributed by atoms with van der Waals surface area (Å²) in [4.78, 5) is 12.6. The van der Waals surface area contributed by atoms with E-state index in [1.165, 1.54) is 24.8 Å². The number of rotatable bonds is 10. The Bertz CT molecular complexity index is 885. The lowest BCUT2D eigenvalue weighted by atomic mass is 9.95. The van der Waals surface area contributed by atoms with E-state index >= 15 is 0 Å². The number of aliphatic hydroxyl groups is 1. The van der Waals surface area contributed by atoms with E-state index in [-0.39, 0.29) is 37.3 Å². The molecule has 0 bridgehead atoms. The number of carbonyl (C=O) groups is 1. The molecule has 6 heteroatoms. The Hall–Kier alpha value is -2.41. The van der Waals surface area contributed by atoms with Gasteiger partial charge in [0.05, 0.1) is 6.10 Å². The molecule has 0 radical (unpaired) electrons. The second kappa shape index (κ2) is 12.9. The van der Waals surface area contributed by atoms with Gasteiger partial charge in [-0.2, -0.15) is 0 Å². The van der Waals surface area contributed by atoms with Crippen LogP contribution in [0.25, 0.3) is 0 Å². The van der Waals surface area contributed by atoms with Gasteiger partial charge in [-0.25, -0.2) is 0 Å². The van der Waals surface area contributed by atoms with Gasteiger partial charge in [-0.3, -0.25) is 4.79 Å². The van der Waals surface area contributed by atoms with Crippen LogP contribution in [0.4, 0.5) is 0 Å². The fraction of sp³-hybridized carbons (Fsp3) is 0.536. The largest absolute Gasteiger partial charge is 0.491 e. The molecule has 34 heavy (non-hydrogen) atoms. The molecule has 0 saturated heterocycles. The third-order valence-corrected chi connectivity index (χ3v) is 6.85. The molecule has 6 nitrogen and oxygen atoms in total. The van der Waals surface area contributed by atoms with Crippen molar-refractivity contribution in [2.24, 2.45) is 0 Å². The molecule has 2 aromatic rings. The van der Waals surface area contributed by atoms with Crippen LogP contribution in [-0.4, -0.2) is 49.0 Å². The summed E-state index contributed by atoms with van der Waals surface area (Å²) < 4.78 is 12.0. The van der Waals surface area contributed by atoms with Crippen LogP contribution in [0.3, 0.4) is 0 Å². The summed E-state index contributed by atoms with van der Waals surface area (Å²) in [5.41, 5.74) is 2.41. The average Bonchev–Trinajstić information content (AvgIpc) is 3.05. The predicted octanol–water partition coefficient (Wildman–Crippen LogP) is 3.93. The van der Waals surface area contributed by atoms with Crippen molar-refractivity contribution in [3.8, 4) is 5.75 Å². The van der Waals surface area contributed by atoms with Gasteiger partial charge < -0.3 is 25.2 Å². The van der Waals surface area contributed by atoms with Crippen LogP contribution in [-0.2, 0) is 16.0 Å². The highest BCUT2D eigenvalue weighted by molar-refractivity contribution is 5.77. The summed E-state index contributed by atoms with van der Waals surface area (Å²) in [5.74, 6) is 0.707. The highest BCUT2D eigenvalue weighted by Crippen LogP contribution is 2.32. The van der Waals surface area contributed by atoms with E-state index in [0.717, 1.165) is 43.4 Å². The molecule has 0 heterocycles. The van der Waals surface area contributed by atoms with Crippen molar-refractivity contribution in [1.82, 2.24) is 10.6 Å². The van der Waals surface area contributed by atoms with Crippen molar-refractivity contribution in [3.63, 3.8) is 0 Å². The smallest absolute Gasteiger partial charge is 0.246 e. The Morgan fingerprint density at radius 2 is 1.74 bits per heavy atom. The molecule has 1 amide bonds. The summed E-state index contributed by atoms with van der Waals surface area (Å²) in [5, 5.41) is 17.2. The summed E-state index contributed by atoms with van der Waals surface area (Å²) in [6.45, 7) is 0.663. The zero-order chi connectivity index (χ0) is 23.6. The van der Waals surface area contributed by atoms with Crippen LogP contribution in [0.1, 0.15) is 62.2 Å². The number of para-hydroxylation sites is 1. The van der Waals surface area contributed by atoms with Gasteiger partial charge in [0.15, 0.2) is 0 Å². The molecule has 0 spiro atoms. The number of hydrogen-bond acceptors (Lipinski definition) is 5. The number of amides is 1. The number of fused-ring (bicyclic) bond motifs is 1. The maximum Gasteiger partial charge on any atom is 0.246 e. The minimum absolute atomic E-state index is 0.0116. The summed E-state index contributed by atoms with van der Waals surface area (Å²) in [7, 11) is 0. The molecule has 2 aliphatic carbocycles. The predicted molar refractivity (Wildman–Crippen MR) is 133 cm³/mol. The first-order valence-corrected chi connectivity index (χ1v) is 12.8. The highest BCUT2D eigenvalue weighted by Gasteiger charge is 2.29. The maximum atomic E-state index is 12.6. The number of carbonyl (C=O) groups excluding carboxylic acids is 1. The van der Waals surface area contributed by atoms with Crippen LogP contribution in [0.5, 0.6) is 5.75 Å². The minimum Gasteiger partial charge on any atom is -0.491 e. The zero-order valence-electron chi connectivity index (χ0n) is 20.0. The monoisotopic (exact) mass is 466 g/mol. The number of aryl methyl sites for hydroxylation is 1. The van der Waals surface area contributed by atoms with Gasteiger partial charge in [0.1, 0.15) is 25.1 Å². The lowest BCUT2D eigenvalue weighted by Gasteiger charge is -2.29. The van der Waals surface area contributed by atoms with Gasteiger partial charge in [0.25, 0.3) is 0 Å². The third-order valence-electron chi connectivity index (χ3n) is 6.85. The topological polar surface area (TPSA) is 79.8 Å². The molecule has 2 aromatic carbocycles. The standard InChI is InChI=1S/C28H38N2O4/c31-23(19-33-24-14-5-2-6-15-24)18-29-26-17-9-11-21-10-7-8-16-25(21)28(26)34-20-27(32)30-22-12-3-1-4-13-22/h2,5-8,10,14-16,22-23,26,28-29,31H,1,3-4,9,11-13,17-20H2,(H,30,32)/t23-,26?,28?/m0/s1. The minimum atomic E-state index is -0.644. The Labute approximate surface area is 203 Å². The van der Waals surface area contributed by atoms with E-state index in [1.807, 2.05) is 36.4 Å². The first kappa shape index (κ1) is 24.7. The molecule has 3 N–H and O–H groups in total. The van der Waals surface area contributed by atoms with Crippen molar-refractivity contribution in [1.29, 1.82) is 0 Å². The lowest BCUT2D eigenvalue weighted by molar-refractivity contribution is -0.129. The van der Waals surface area contributed by atoms with Crippen LogP contribution < -0.4 is 15.4 Å². The second-order valence-electron chi connectivity index (χ2n) is 9.52. The van der Waals surface area contributed by atoms with Crippen molar-refractivity contribution >= 4 is 5.91 Å². The van der Waals surface area contributed by atoms with Crippen molar-refractivity contribution < 1.29 is 19.4 Å². The SMILES string of the molecule is O=C(COC1c2ccccc2CCCC1NC[C@H](O)COc1ccccc1)NC1CCCCC1. The van der Waals surface area contributed by atoms with Gasteiger partial charge in [-0.05, 0) is 55.4 Å². The molecule has 3 atom stereocenters. The van der Waals surface area contributed by atoms with E-state index < -0.39 is 6.10 Å². The zero-order valence-corrected chi connectivity index (χ0v) is 20.0. The molecule has 2 aliphatic rings. The quantitative estimate of drug-likeness (QED) is 0.463. The van der Waals surface area contributed by atoms with E-state index in [1.54, 1.807) is 0 Å². The molecular formula is C28H38N2O4. The number of ether oxygens (including phenoxy) is 2. The Kier molecular flexibility index (Phi) is 9.36. The van der Waals surface area contributed by atoms with Crippen molar-refractivity contribution in [2.75, 3.05) is 19.8 Å². The third kappa shape index (κ3) is 7.29. The van der Waals surface area contributed by atoms with Crippen molar-refractivity contribution in [2.45, 2.75) is 75.7 Å². The number of aliphatic hydroxyl groups excluding tert-OH is 1.